The maximum atomic E-state index is 12.2. The minimum Gasteiger partial charge on any atom is -0.484 e. The summed E-state index contributed by atoms with van der Waals surface area (Å²) in [6.07, 6.45) is 0.509. The van der Waals surface area contributed by atoms with Crippen LogP contribution in [0.4, 0.5) is 6.01 Å². The fourth-order valence-corrected chi connectivity index (χ4v) is 3.13. The molecule has 152 valence electrons. The van der Waals surface area contributed by atoms with Gasteiger partial charge in [-0.1, -0.05) is 73.5 Å². The van der Waals surface area contributed by atoms with E-state index in [9.17, 15) is 4.79 Å². The lowest BCUT2D eigenvalue weighted by atomic mass is 10.0. The molecular weight excluding hydrogens is 378 g/mol. The van der Waals surface area contributed by atoms with E-state index in [1.807, 2.05) is 42.5 Å². The molecule has 1 heterocycles. The van der Waals surface area contributed by atoms with Crippen LogP contribution in [0.2, 0.25) is 0 Å². The van der Waals surface area contributed by atoms with Gasteiger partial charge in [-0.3, -0.25) is 10.1 Å². The van der Waals surface area contributed by atoms with Gasteiger partial charge in [-0.15, -0.1) is 5.10 Å². The molecule has 1 aromatic heterocycles. The SMILES string of the molecule is CC(C)c1ccc(Cc2nnc(NC(=O)COc3ccc4ccccc4c3)o2)cc1. The number of benzene rings is 3. The Morgan fingerprint density at radius 3 is 2.53 bits per heavy atom. The highest BCUT2D eigenvalue weighted by Gasteiger charge is 2.11. The van der Waals surface area contributed by atoms with Crippen LogP contribution in [0.5, 0.6) is 5.75 Å². The average molecular weight is 401 g/mol. The third kappa shape index (κ3) is 4.84. The van der Waals surface area contributed by atoms with E-state index >= 15 is 0 Å². The number of hydrogen-bond acceptors (Lipinski definition) is 5. The topological polar surface area (TPSA) is 77.2 Å². The van der Waals surface area contributed by atoms with Crippen molar-refractivity contribution in [3.05, 3.63) is 83.7 Å². The lowest BCUT2D eigenvalue weighted by molar-refractivity contribution is -0.118. The molecule has 30 heavy (non-hydrogen) atoms. The van der Waals surface area contributed by atoms with Crippen LogP contribution in [0.25, 0.3) is 10.8 Å². The minimum absolute atomic E-state index is 0.0657. The highest BCUT2D eigenvalue weighted by Crippen LogP contribution is 2.21. The summed E-state index contributed by atoms with van der Waals surface area (Å²) in [5, 5.41) is 12.6. The standard InChI is InChI=1S/C24H23N3O3/c1-16(2)18-9-7-17(8-10-18)13-23-26-27-24(30-23)25-22(28)15-29-21-12-11-19-5-3-4-6-20(19)14-21/h3-12,14,16H,13,15H2,1-2H3,(H,25,27,28). The van der Waals surface area contributed by atoms with Crippen LogP contribution in [0.1, 0.15) is 36.8 Å². The van der Waals surface area contributed by atoms with Crippen molar-refractivity contribution in [1.29, 1.82) is 0 Å². The van der Waals surface area contributed by atoms with Crippen LogP contribution < -0.4 is 10.1 Å². The lowest BCUT2D eigenvalue weighted by Gasteiger charge is -2.06. The van der Waals surface area contributed by atoms with Crippen LogP contribution in [-0.4, -0.2) is 22.7 Å². The van der Waals surface area contributed by atoms with Gasteiger partial charge in [0.25, 0.3) is 5.91 Å². The van der Waals surface area contributed by atoms with Crippen molar-refractivity contribution >= 4 is 22.7 Å². The molecule has 0 saturated carbocycles. The summed E-state index contributed by atoms with van der Waals surface area (Å²) < 4.78 is 11.1. The van der Waals surface area contributed by atoms with Crippen LogP contribution in [0.15, 0.2) is 71.1 Å². The summed E-state index contributed by atoms with van der Waals surface area (Å²) in [6, 6.07) is 22.0. The van der Waals surface area contributed by atoms with E-state index in [0.717, 1.165) is 16.3 Å². The van der Waals surface area contributed by atoms with Crippen molar-refractivity contribution in [3.8, 4) is 5.75 Å². The Balaban J connectivity index is 1.31. The van der Waals surface area contributed by atoms with Gasteiger partial charge in [0.15, 0.2) is 6.61 Å². The monoisotopic (exact) mass is 401 g/mol. The van der Waals surface area contributed by atoms with Gasteiger partial charge in [-0.25, -0.2) is 0 Å². The van der Waals surface area contributed by atoms with Gasteiger partial charge in [0.05, 0.1) is 6.42 Å². The Labute approximate surface area is 174 Å². The Bertz CT molecular complexity index is 1150. The number of fused-ring (bicyclic) bond motifs is 1. The first-order valence-corrected chi connectivity index (χ1v) is 9.89. The van der Waals surface area contributed by atoms with Gasteiger partial charge in [-0.2, -0.15) is 0 Å². The molecule has 0 saturated heterocycles. The molecule has 3 aromatic carbocycles. The van der Waals surface area contributed by atoms with Crippen LogP contribution in [0, 0.1) is 0 Å². The fourth-order valence-electron chi connectivity index (χ4n) is 3.13. The van der Waals surface area contributed by atoms with Gasteiger partial charge in [0, 0.05) is 0 Å². The molecule has 0 atom stereocenters. The van der Waals surface area contributed by atoms with Crippen molar-refractivity contribution in [2.24, 2.45) is 0 Å². The summed E-state index contributed by atoms with van der Waals surface area (Å²) in [5.41, 5.74) is 2.35. The molecule has 4 rings (SSSR count). The Morgan fingerprint density at radius 1 is 1.00 bits per heavy atom. The molecule has 0 spiro atoms. The Kier molecular flexibility index (Phi) is 5.75. The normalized spacial score (nSPS) is 11.0. The number of nitrogens with zero attached hydrogens (tertiary/aromatic N) is 2. The first-order valence-electron chi connectivity index (χ1n) is 9.89. The molecule has 1 amide bonds. The maximum absolute atomic E-state index is 12.2. The molecule has 0 fully saturated rings. The van der Waals surface area contributed by atoms with E-state index in [4.69, 9.17) is 9.15 Å². The smallest absolute Gasteiger partial charge is 0.322 e. The predicted molar refractivity (Wildman–Crippen MR) is 116 cm³/mol. The highest BCUT2D eigenvalue weighted by atomic mass is 16.5. The number of amides is 1. The summed E-state index contributed by atoms with van der Waals surface area (Å²) in [4.78, 5) is 12.2. The van der Waals surface area contributed by atoms with Crippen molar-refractivity contribution in [2.45, 2.75) is 26.2 Å². The first kappa shape index (κ1) is 19.6. The summed E-state index contributed by atoms with van der Waals surface area (Å²) in [5.74, 6) is 1.19. The van der Waals surface area contributed by atoms with Gasteiger partial charge in [0.1, 0.15) is 5.75 Å². The number of carbonyl (C=O) groups is 1. The number of anilines is 1. The molecule has 1 N–H and O–H groups in total. The van der Waals surface area contributed by atoms with Crippen molar-refractivity contribution in [3.63, 3.8) is 0 Å². The fraction of sp³-hybridized carbons (Fsp3) is 0.208. The molecule has 4 aromatic rings. The molecule has 6 nitrogen and oxygen atoms in total. The third-order valence-corrected chi connectivity index (χ3v) is 4.81. The number of aromatic nitrogens is 2. The van der Waals surface area contributed by atoms with E-state index in [1.165, 1.54) is 5.56 Å². The maximum Gasteiger partial charge on any atom is 0.322 e. The molecule has 0 aliphatic rings. The number of carbonyl (C=O) groups excluding carboxylic acids is 1. The molecule has 0 unspecified atom stereocenters. The minimum atomic E-state index is -0.361. The lowest BCUT2D eigenvalue weighted by Crippen LogP contribution is -2.20. The van der Waals surface area contributed by atoms with E-state index < -0.39 is 0 Å². The van der Waals surface area contributed by atoms with E-state index in [2.05, 4.69) is 53.6 Å². The average Bonchev–Trinajstić information content (AvgIpc) is 3.19. The molecular formula is C24H23N3O3. The van der Waals surface area contributed by atoms with Crippen LogP contribution in [0.3, 0.4) is 0 Å². The number of rotatable bonds is 7. The molecule has 0 aliphatic heterocycles. The number of nitrogens with one attached hydrogen (secondary N) is 1. The zero-order valence-electron chi connectivity index (χ0n) is 17.0. The second kappa shape index (κ2) is 8.78. The number of hydrogen-bond donors (Lipinski definition) is 1. The predicted octanol–water partition coefficient (Wildman–Crippen LogP) is 4.95. The van der Waals surface area contributed by atoms with E-state index in [-0.39, 0.29) is 18.5 Å². The van der Waals surface area contributed by atoms with Crippen molar-refractivity contribution in [2.75, 3.05) is 11.9 Å². The molecule has 0 aliphatic carbocycles. The molecule has 0 radical (unpaired) electrons. The van der Waals surface area contributed by atoms with Gasteiger partial charge < -0.3 is 9.15 Å². The largest absolute Gasteiger partial charge is 0.484 e. The van der Waals surface area contributed by atoms with Gasteiger partial charge in [0.2, 0.25) is 5.89 Å². The summed E-state index contributed by atoms with van der Waals surface area (Å²) in [6.45, 7) is 4.17. The molecule has 0 bridgehead atoms. The van der Waals surface area contributed by atoms with Gasteiger partial charge in [-0.05, 0) is 39.9 Å². The Morgan fingerprint density at radius 2 is 1.77 bits per heavy atom. The number of ether oxygens (including phenoxy) is 1. The zero-order chi connectivity index (χ0) is 20.9. The Hall–Kier alpha value is -3.67. The van der Waals surface area contributed by atoms with Crippen LogP contribution >= 0.6 is 0 Å². The summed E-state index contributed by atoms with van der Waals surface area (Å²) >= 11 is 0. The van der Waals surface area contributed by atoms with Gasteiger partial charge >= 0.3 is 6.01 Å². The second-order valence-electron chi connectivity index (χ2n) is 7.42. The van der Waals surface area contributed by atoms with Crippen molar-refractivity contribution < 1.29 is 13.9 Å². The quantitative estimate of drug-likeness (QED) is 0.474. The van der Waals surface area contributed by atoms with E-state index in [0.29, 0.717) is 24.0 Å². The first-order chi connectivity index (χ1) is 14.6. The third-order valence-electron chi connectivity index (χ3n) is 4.81. The van der Waals surface area contributed by atoms with Crippen LogP contribution in [-0.2, 0) is 11.2 Å². The molecule has 6 heteroatoms. The second-order valence-corrected chi connectivity index (χ2v) is 7.42. The van der Waals surface area contributed by atoms with Crippen molar-refractivity contribution in [1.82, 2.24) is 10.2 Å². The van der Waals surface area contributed by atoms with E-state index in [1.54, 1.807) is 0 Å². The zero-order valence-corrected chi connectivity index (χ0v) is 17.0. The highest BCUT2D eigenvalue weighted by molar-refractivity contribution is 5.90. The summed E-state index contributed by atoms with van der Waals surface area (Å²) in [7, 11) is 0.